The zero-order valence-corrected chi connectivity index (χ0v) is 18.3. The molecule has 0 atom stereocenters. The third-order valence-electron chi connectivity index (χ3n) is 4.65. The smallest absolute Gasteiger partial charge is 0.310 e. The first-order valence-corrected chi connectivity index (χ1v) is 10.5. The third-order valence-corrected chi connectivity index (χ3v) is 4.94. The van der Waals surface area contributed by atoms with E-state index >= 15 is 0 Å². The molecule has 7 nitrogen and oxygen atoms in total. The maximum atomic E-state index is 13.3. The molecule has 1 aromatic heterocycles. The Bertz CT molecular complexity index is 1320. The van der Waals surface area contributed by atoms with Crippen molar-refractivity contribution in [2.24, 2.45) is 0 Å². The molecule has 3 aromatic carbocycles. The normalized spacial score (nSPS) is 10.8. The number of esters is 1. The number of nitrogens with zero attached hydrogens (tertiary/aromatic N) is 1. The maximum Gasteiger partial charge on any atom is 0.310 e. The Morgan fingerprint density at radius 2 is 1.88 bits per heavy atom. The Kier molecular flexibility index (Phi) is 6.55. The van der Waals surface area contributed by atoms with E-state index in [0.29, 0.717) is 39.8 Å². The molecule has 33 heavy (non-hydrogen) atoms. The molecule has 9 heteroatoms. The molecule has 2 N–H and O–H groups in total. The standard InChI is InChI=1S/C24H19ClFN3O4/c1-2-32-22(30)12-14-3-10-21(18(25)11-14)33-17-7-5-16(6-8-17)27-24(31)23-28-19-9-4-15(26)13-20(19)29-23/h3-11,13H,2,12H2,1H3,(H,27,31)(H,28,29). The molecule has 0 aliphatic rings. The number of hydrogen-bond acceptors (Lipinski definition) is 5. The highest BCUT2D eigenvalue weighted by Gasteiger charge is 2.13. The lowest BCUT2D eigenvalue weighted by Crippen LogP contribution is -2.13. The largest absolute Gasteiger partial charge is 0.466 e. The lowest BCUT2D eigenvalue weighted by Gasteiger charge is -2.10. The fourth-order valence-electron chi connectivity index (χ4n) is 3.13. The number of imidazole rings is 1. The number of aromatic nitrogens is 2. The summed E-state index contributed by atoms with van der Waals surface area (Å²) in [6.45, 7) is 2.07. The van der Waals surface area contributed by atoms with Crippen LogP contribution in [0.2, 0.25) is 5.02 Å². The predicted molar refractivity (Wildman–Crippen MR) is 122 cm³/mol. The lowest BCUT2D eigenvalue weighted by atomic mass is 10.1. The van der Waals surface area contributed by atoms with Crippen molar-refractivity contribution in [2.75, 3.05) is 11.9 Å². The van der Waals surface area contributed by atoms with Crippen LogP contribution in [0, 0.1) is 5.82 Å². The summed E-state index contributed by atoms with van der Waals surface area (Å²) >= 11 is 6.28. The fraction of sp³-hybridized carbons (Fsp3) is 0.125. The van der Waals surface area contributed by atoms with Crippen LogP contribution in [0.5, 0.6) is 11.5 Å². The fourth-order valence-corrected chi connectivity index (χ4v) is 3.37. The lowest BCUT2D eigenvalue weighted by molar-refractivity contribution is -0.142. The Morgan fingerprint density at radius 1 is 1.09 bits per heavy atom. The molecule has 0 aliphatic carbocycles. The van der Waals surface area contributed by atoms with Crippen molar-refractivity contribution in [3.05, 3.63) is 82.9 Å². The maximum absolute atomic E-state index is 13.3. The number of nitrogens with one attached hydrogen (secondary N) is 2. The van der Waals surface area contributed by atoms with Gasteiger partial charge in [-0.15, -0.1) is 0 Å². The van der Waals surface area contributed by atoms with Crippen LogP contribution in [0.25, 0.3) is 11.0 Å². The minimum atomic E-state index is -0.458. The van der Waals surface area contributed by atoms with Crippen molar-refractivity contribution in [2.45, 2.75) is 13.3 Å². The number of halogens is 2. The van der Waals surface area contributed by atoms with Gasteiger partial charge >= 0.3 is 5.97 Å². The van der Waals surface area contributed by atoms with Gasteiger partial charge in [0.25, 0.3) is 5.91 Å². The van der Waals surface area contributed by atoms with Crippen molar-refractivity contribution in [1.82, 2.24) is 9.97 Å². The Hall–Kier alpha value is -3.91. The molecule has 1 heterocycles. The first kappa shape index (κ1) is 22.3. The number of benzene rings is 3. The highest BCUT2D eigenvalue weighted by Crippen LogP contribution is 2.31. The molecule has 0 bridgehead atoms. The van der Waals surface area contributed by atoms with Gasteiger partial charge < -0.3 is 19.8 Å². The summed E-state index contributed by atoms with van der Waals surface area (Å²) in [4.78, 5) is 31.0. The molecule has 0 spiro atoms. The summed E-state index contributed by atoms with van der Waals surface area (Å²) < 4.78 is 24.1. The van der Waals surface area contributed by atoms with E-state index in [2.05, 4.69) is 15.3 Å². The predicted octanol–water partition coefficient (Wildman–Crippen LogP) is 5.51. The van der Waals surface area contributed by atoms with Gasteiger partial charge in [-0.3, -0.25) is 9.59 Å². The second kappa shape index (κ2) is 9.70. The van der Waals surface area contributed by atoms with Crippen molar-refractivity contribution >= 4 is 40.2 Å². The molecule has 0 radical (unpaired) electrons. The molecular formula is C24H19ClFN3O4. The summed E-state index contributed by atoms with van der Waals surface area (Å²) in [6.07, 6.45) is 0.127. The van der Waals surface area contributed by atoms with Crippen LogP contribution in [0.1, 0.15) is 23.1 Å². The zero-order valence-electron chi connectivity index (χ0n) is 17.5. The molecule has 0 saturated carbocycles. The number of rotatable bonds is 7. The Balaban J connectivity index is 1.39. The summed E-state index contributed by atoms with van der Waals surface area (Å²) in [5.41, 5.74) is 2.18. The summed E-state index contributed by atoms with van der Waals surface area (Å²) in [6, 6.07) is 15.8. The molecule has 0 aliphatic heterocycles. The Labute approximate surface area is 193 Å². The number of carbonyl (C=O) groups is 2. The van der Waals surface area contributed by atoms with Crippen molar-refractivity contribution < 1.29 is 23.5 Å². The first-order valence-electron chi connectivity index (χ1n) is 10.1. The number of anilines is 1. The number of amides is 1. The number of fused-ring (bicyclic) bond motifs is 1. The van der Waals surface area contributed by atoms with Crippen LogP contribution >= 0.6 is 11.6 Å². The minimum Gasteiger partial charge on any atom is -0.466 e. The van der Waals surface area contributed by atoms with Gasteiger partial charge in [-0.2, -0.15) is 0 Å². The monoisotopic (exact) mass is 467 g/mol. The van der Waals surface area contributed by atoms with Gasteiger partial charge in [0.2, 0.25) is 0 Å². The van der Waals surface area contributed by atoms with Gasteiger partial charge in [-0.25, -0.2) is 9.37 Å². The third kappa shape index (κ3) is 5.48. The van der Waals surface area contributed by atoms with E-state index < -0.39 is 11.7 Å². The summed E-state index contributed by atoms with van der Waals surface area (Å²) in [5, 5.41) is 3.08. The summed E-state index contributed by atoms with van der Waals surface area (Å²) in [5.74, 6) is -0.189. The second-order valence-corrected chi connectivity index (χ2v) is 7.48. The van der Waals surface area contributed by atoms with E-state index in [9.17, 15) is 14.0 Å². The van der Waals surface area contributed by atoms with Crippen molar-refractivity contribution in [3.8, 4) is 11.5 Å². The zero-order chi connectivity index (χ0) is 23.4. The van der Waals surface area contributed by atoms with Gasteiger partial charge in [0, 0.05) is 5.69 Å². The number of ether oxygens (including phenoxy) is 2. The van der Waals surface area contributed by atoms with E-state index in [-0.39, 0.29) is 18.2 Å². The van der Waals surface area contributed by atoms with Gasteiger partial charge in [-0.05, 0) is 67.1 Å². The molecule has 4 rings (SSSR count). The van der Waals surface area contributed by atoms with Crippen molar-refractivity contribution in [3.63, 3.8) is 0 Å². The second-order valence-electron chi connectivity index (χ2n) is 7.07. The van der Waals surface area contributed by atoms with E-state index in [4.69, 9.17) is 21.1 Å². The average molecular weight is 468 g/mol. The van der Waals surface area contributed by atoms with Gasteiger partial charge in [0.1, 0.15) is 17.3 Å². The van der Waals surface area contributed by atoms with Gasteiger partial charge in [0.05, 0.1) is 29.1 Å². The first-order chi connectivity index (χ1) is 15.9. The highest BCUT2D eigenvalue weighted by atomic mass is 35.5. The molecule has 1 amide bonds. The van der Waals surface area contributed by atoms with Crippen molar-refractivity contribution in [1.29, 1.82) is 0 Å². The van der Waals surface area contributed by atoms with Gasteiger partial charge in [-0.1, -0.05) is 17.7 Å². The van der Waals surface area contributed by atoms with E-state index in [0.717, 1.165) is 5.56 Å². The van der Waals surface area contributed by atoms with E-state index in [1.807, 2.05) is 0 Å². The van der Waals surface area contributed by atoms with Gasteiger partial charge in [0.15, 0.2) is 5.82 Å². The number of H-pyrrole nitrogens is 1. The topological polar surface area (TPSA) is 93.3 Å². The quantitative estimate of drug-likeness (QED) is 0.350. The van der Waals surface area contributed by atoms with E-state index in [1.165, 1.54) is 18.2 Å². The van der Waals surface area contributed by atoms with E-state index in [1.54, 1.807) is 49.4 Å². The number of hydrogen-bond donors (Lipinski definition) is 2. The summed E-state index contributed by atoms with van der Waals surface area (Å²) in [7, 11) is 0. The van der Waals surface area contributed by atoms with Crippen LogP contribution in [0.4, 0.5) is 10.1 Å². The highest BCUT2D eigenvalue weighted by molar-refractivity contribution is 6.32. The van der Waals surface area contributed by atoms with Crippen LogP contribution in [0.15, 0.2) is 60.7 Å². The molecule has 0 fully saturated rings. The molecule has 0 saturated heterocycles. The van der Waals surface area contributed by atoms with Crippen LogP contribution in [-0.2, 0) is 16.0 Å². The van der Waals surface area contributed by atoms with Crippen LogP contribution in [0.3, 0.4) is 0 Å². The van der Waals surface area contributed by atoms with Crippen LogP contribution < -0.4 is 10.1 Å². The molecule has 4 aromatic rings. The van der Waals surface area contributed by atoms with Crippen LogP contribution in [-0.4, -0.2) is 28.5 Å². The SMILES string of the molecule is CCOC(=O)Cc1ccc(Oc2ccc(NC(=O)c3nc4ccc(F)cc4[nH]3)cc2)c(Cl)c1. The minimum absolute atomic E-state index is 0.0746. The molecule has 168 valence electrons. The average Bonchev–Trinajstić information content (AvgIpc) is 3.20. The number of aromatic amines is 1. The number of carbonyl (C=O) groups excluding carboxylic acids is 2. The Morgan fingerprint density at radius 3 is 2.61 bits per heavy atom. The molecular weight excluding hydrogens is 449 g/mol. The molecule has 0 unspecified atom stereocenters.